The Labute approximate surface area is 112 Å². The standard InChI is InChI=1S/C14H18N4O/c15-14-11-3-1-2-4-12(11)16-13(17-14)9-18-7-5-10(19)6-8-18/h1-4,10,19H,5-9H2,(H2,15,16,17). The molecule has 2 aromatic rings. The van der Waals surface area contributed by atoms with Gasteiger partial charge in [-0.25, -0.2) is 9.97 Å². The first-order chi connectivity index (χ1) is 9.22. The Hall–Kier alpha value is -1.72. The lowest BCUT2D eigenvalue weighted by atomic mass is 10.1. The third-order valence-corrected chi connectivity index (χ3v) is 3.60. The largest absolute Gasteiger partial charge is 0.393 e. The number of anilines is 1. The number of aliphatic hydroxyl groups is 1. The summed E-state index contributed by atoms with van der Waals surface area (Å²) in [5.41, 5.74) is 6.87. The summed E-state index contributed by atoms with van der Waals surface area (Å²) in [5.74, 6) is 1.30. The maximum Gasteiger partial charge on any atom is 0.145 e. The number of fused-ring (bicyclic) bond motifs is 1. The van der Waals surface area contributed by atoms with Gasteiger partial charge in [0, 0.05) is 18.5 Å². The molecule has 3 rings (SSSR count). The van der Waals surface area contributed by atoms with Crippen LogP contribution in [-0.4, -0.2) is 39.2 Å². The Balaban J connectivity index is 1.81. The summed E-state index contributed by atoms with van der Waals surface area (Å²) in [6, 6.07) is 7.78. The third-order valence-electron chi connectivity index (χ3n) is 3.60. The normalized spacial score (nSPS) is 17.9. The Morgan fingerprint density at radius 1 is 1.21 bits per heavy atom. The van der Waals surface area contributed by atoms with Gasteiger partial charge in [-0.1, -0.05) is 12.1 Å². The molecule has 0 unspecified atom stereocenters. The third kappa shape index (κ3) is 2.67. The van der Waals surface area contributed by atoms with Crippen molar-refractivity contribution in [3.05, 3.63) is 30.1 Å². The smallest absolute Gasteiger partial charge is 0.145 e. The highest BCUT2D eigenvalue weighted by atomic mass is 16.3. The van der Waals surface area contributed by atoms with Gasteiger partial charge in [0.25, 0.3) is 0 Å². The van der Waals surface area contributed by atoms with Gasteiger partial charge in [-0.05, 0) is 25.0 Å². The predicted molar refractivity (Wildman–Crippen MR) is 74.5 cm³/mol. The zero-order valence-electron chi connectivity index (χ0n) is 10.8. The first-order valence-corrected chi connectivity index (χ1v) is 6.64. The lowest BCUT2D eigenvalue weighted by molar-refractivity contribution is 0.0781. The molecule has 5 nitrogen and oxygen atoms in total. The summed E-state index contributed by atoms with van der Waals surface area (Å²) in [4.78, 5) is 11.2. The highest BCUT2D eigenvalue weighted by molar-refractivity contribution is 5.87. The molecule has 3 N–H and O–H groups in total. The van der Waals surface area contributed by atoms with Crippen LogP contribution in [0.1, 0.15) is 18.7 Å². The zero-order chi connectivity index (χ0) is 13.2. The van der Waals surface area contributed by atoms with Gasteiger partial charge < -0.3 is 10.8 Å². The Morgan fingerprint density at radius 2 is 1.95 bits per heavy atom. The number of piperidine rings is 1. The van der Waals surface area contributed by atoms with Crippen LogP contribution in [0.15, 0.2) is 24.3 Å². The van der Waals surface area contributed by atoms with E-state index in [0.29, 0.717) is 12.4 Å². The van der Waals surface area contributed by atoms with Crippen LogP contribution in [0.4, 0.5) is 5.82 Å². The zero-order valence-corrected chi connectivity index (χ0v) is 10.8. The number of hydrogen-bond donors (Lipinski definition) is 2. The molecule has 0 spiro atoms. The first-order valence-electron chi connectivity index (χ1n) is 6.64. The highest BCUT2D eigenvalue weighted by Crippen LogP contribution is 2.18. The van der Waals surface area contributed by atoms with Crippen LogP contribution in [0.5, 0.6) is 0 Å². The monoisotopic (exact) mass is 258 g/mol. The van der Waals surface area contributed by atoms with Crippen molar-refractivity contribution >= 4 is 16.7 Å². The van der Waals surface area contributed by atoms with E-state index < -0.39 is 0 Å². The molecule has 1 saturated heterocycles. The molecule has 1 fully saturated rings. The number of aromatic nitrogens is 2. The SMILES string of the molecule is Nc1nc(CN2CCC(O)CC2)nc2ccccc12. The van der Waals surface area contributed by atoms with Gasteiger partial charge in [-0.15, -0.1) is 0 Å². The molecule has 0 aliphatic carbocycles. The van der Waals surface area contributed by atoms with Gasteiger partial charge in [-0.3, -0.25) is 4.90 Å². The Bertz CT molecular complexity index is 579. The average Bonchev–Trinajstić information content (AvgIpc) is 2.42. The number of aliphatic hydroxyl groups excluding tert-OH is 1. The molecular formula is C14H18N4O. The van der Waals surface area contributed by atoms with E-state index in [1.807, 2.05) is 24.3 Å². The molecular weight excluding hydrogens is 240 g/mol. The molecule has 100 valence electrons. The van der Waals surface area contributed by atoms with E-state index in [2.05, 4.69) is 14.9 Å². The van der Waals surface area contributed by atoms with Crippen LogP contribution in [-0.2, 0) is 6.54 Å². The lowest BCUT2D eigenvalue weighted by Crippen LogP contribution is -2.35. The fourth-order valence-corrected chi connectivity index (χ4v) is 2.50. The van der Waals surface area contributed by atoms with E-state index in [1.165, 1.54) is 0 Å². The van der Waals surface area contributed by atoms with E-state index in [-0.39, 0.29) is 6.10 Å². The van der Waals surface area contributed by atoms with Crippen LogP contribution in [0.25, 0.3) is 10.9 Å². The lowest BCUT2D eigenvalue weighted by Gasteiger charge is -2.28. The number of para-hydroxylation sites is 1. The number of benzene rings is 1. The average molecular weight is 258 g/mol. The van der Waals surface area contributed by atoms with E-state index in [0.717, 1.165) is 42.7 Å². The summed E-state index contributed by atoms with van der Waals surface area (Å²) < 4.78 is 0. The van der Waals surface area contributed by atoms with Crippen molar-refractivity contribution in [1.82, 2.24) is 14.9 Å². The van der Waals surface area contributed by atoms with E-state index >= 15 is 0 Å². The fourth-order valence-electron chi connectivity index (χ4n) is 2.50. The Kier molecular flexibility index (Phi) is 3.31. The highest BCUT2D eigenvalue weighted by Gasteiger charge is 2.18. The topological polar surface area (TPSA) is 75.3 Å². The van der Waals surface area contributed by atoms with Crippen molar-refractivity contribution in [2.45, 2.75) is 25.5 Å². The van der Waals surface area contributed by atoms with Crippen LogP contribution in [0.2, 0.25) is 0 Å². The number of rotatable bonds is 2. The molecule has 2 heterocycles. The molecule has 0 atom stereocenters. The second-order valence-corrected chi connectivity index (χ2v) is 5.05. The molecule has 0 radical (unpaired) electrons. The van der Waals surface area contributed by atoms with Crippen molar-refractivity contribution in [2.75, 3.05) is 18.8 Å². The summed E-state index contributed by atoms with van der Waals surface area (Å²) in [6.07, 6.45) is 1.49. The van der Waals surface area contributed by atoms with Crippen molar-refractivity contribution in [3.8, 4) is 0 Å². The van der Waals surface area contributed by atoms with E-state index in [4.69, 9.17) is 5.73 Å². The maximum absolute atomic E-state index is 9.50. The molecule has 0 saturated carbocycles. The minimum absolute atomic E-state index is 0.154. The summed E-state index contributed by atoms with van der Waals surface area (Å²) >= 11 is 0. The molecule has 1 aliphatic heterocycles. The molecule has 1 aliphatic rings. The van der Waals surface area contributed by atoms with Crippen molar-refractivity contribution in [3.63, 3.8) is 0 Å². The summed E-state index contributed by atoms with van der Waals surface area (Å²) in [6.45, 7) is 2.47. The molecule has 1 aromatic heterocycles. The fraction of sp³-hybridized carbons (Fsp3) is 0.429. The van der Waals surface area contributed by atoms with E-state index in [9.17, 15) is 5.11 Å². The molecule has 1 aromatic carbocycles. The Morgan fingerprint density at radius 3 is 2.74 bits per heavy atom. The number of hydrogen-bond acceptors (Lipinski definition) is 5. The number of nitrogen functional groups attached to an aromatic ring is 1. The van der Waals surface area contributed by atoms with Gasteiger partial charge >= 0.3 is 0 Å². The molecule has 19 heavy (non-hydrogen) atoms. The van der Waals surface area contributed by atoms with Gasteiger partial charge in [0.2, 0.25) is 0 Å². The second kappa shape index (κ2) is 5.11. The second-order valence-electron chi connectivity index (χ2n) is 5.05. The number of likely N-dealkylation sites (tertiary alicyclic amines) is 1. The predicted octanol–water partition coefficient (Wildman–Crippen LogP) is 1.17. The minimum Gasteiger partial charge on any atom is -0.393 e. The molecule has 0 bridgehead atoms. The van der Waals surface area contributed by atoms with Gasteiger partial charge in [0.05, 0.1) is 18.2 Å². The quantitative estimate of drug-likeness (QED) is 0.845. The molecule has 5 heteroatoms. The van der Waals surface area contributed by atoms with Crippen LogP contribution < -0.4 is 5.73 Å². The van der Waals surface area contributed by atoms with Crippen LogP contribution in [0.3, 0.4) is 0 Å². The number of nitrogens with two attached hydrogens (primary N) is 1. The van der Waals surface area contributed by atoms with Crippen LogP contribution in [0, 0.1) is 0 Å². The summed E-state index contributed by atoms with van der Waals surface area (Å²) in [7, 11) is 0. The van der Waals surface area contributed by atoms with Gasteiger partial charge in [0.15, 0.2) is 0 Å². The maximum atomic E-state index is 9.50. The summed E-state index contributed by atoms with van der Waals surface area (Å²) in [5, 5.41) is 10.4. The van der Waals surface area contributed by atoms with Crippen molar-refractivity contribution in [2.24, 2.45) is 0 Å². The minimum atomic E-state index is -0.154. The van der Waals surface area contributed by atoms with E-state index in [1.54, 1.807) is 0 Å². The first kappa shape index (κ1) is 12.3. The van der Waals surface area contributed by atoms with Crippen molar-refractivity contribution < 1.29 is 5.11 Å². The van der Waals surface area contributed by atoms with Gasteiger partial charge in [-0.2, -0.15) is 0 Å². The van der Waals surface area contributed by atoms with Crippen molar-refractivity contribution in [1.29, 1.82) is 0 Å². The van der Waals surface area contributed by atoms with Crippen LogP contribution >= 0.6 is 0 Å². The number of nitrogens with zero attached hydrogens (tertiary/aromatic N) is 3. The van der Waals surface area contributed by atoms with Gasteiger partial charge in [0.1, 0.15) is 11.6 Å². The molecule has 0 amide bonds.